The summed E-state index contributed by atoms with van der Waals surface area (Å²) in [7, 11) is 0. The average molecular weight is 297 g/mol. The monoisotopic (exact) mass is 297 g/mol. The molecule has 0 spiro atoms. The van der Waals surface area contributed by atoms with Gasteiger partial charge in [0.2, 0.25) is 5.67 Å². The Balaban J connectivity index is 2.23. The van der Waals surface area contributed by atoms with Gasteiger partial charge in [-0.15, -0.1) is 11.8 Å². The Morgan fingerprint density at radius 3 is 2.70 bits per heavy atom. The summed E-state index contributed by atoms with van der Waals surface area (Å²) in [6.45, 7) is 1.56. The van der Waals surface area contributed by atoms with Gasteiger partial charge in [-0.25, -0.2) is 9.18 Å². The van der Waals surface area contributed by atoms with Crippen LogP contribution in [0.2, 0.25) is 0 Å². The van der Waals surface area contributed by atoms with Crippen molar-refractivity contribution < 1.29 is 19.1 Å². The van der Waals surface area contributed by atoms with Crippen molar-refractivity contribution in [2.75, 3.05) is 19.3 Å². The smallest absolute Gasteiger partial charge is 0.343 e. The summed E-state index contributed by atoms with van der Waals surface area (Å²) in [5.41, 5.74) is -1.01. The number of carbonyl (C=O) groups is 2. The number of hydrogen-bond donors (Lipinski definition) is 1. The number of likely N-dealkylation sites (tertiary alicyclic amines) is 1. The number of rotatable bonds is 3. The molecule has 0 radical (unpaired) electrons. The molecule has 2 rings (SSSR count). The molecule has 1 atom stereocenters. The third-order valence-corrected chi connectivity index (χ3v) is 4.29. The number of amides is 1. The third kappa shape index (κ3) is 2.65. The predicted octanol–water partition coefficient (Wildman–Crippen LogP) is 2.36. The van der Waals surface area contributed by atoms with Gasteiger partial charge in [0.1, 0.15) is 0 Å². The van der Waals surface area contributed by atoms with Crippen LogP contribution in [-0.2, 0) is 4.79 Å². The summed E-state index contributed by atoms with van der Waals surface area (Å²) in [6.07, 6.45) is 1.75. The molecule has 1 aliphatic heterocycles. The molecule has 1 aliphatic rings. The van der Waals surface area contributed by atoms with Crippen LogP contribution in [0.15, 0.2) is 23.1 Å². The Bertz CT molecular complexity index is 563. The van der Waals surface area contributed by atoms with Crippen molar-refractivity contribution in [3.63, 3.8) is 0 Å². The normalized spacial score (nSPS) is 22.1. The molecule has 0 aliphatic carbocycles. The number of thioether (sulfide) groups is 1. The standard InChI is InChI=1S/C14H16FNO3S/c1-9-3-4-10(20-2)7-11(9)12(17)16-6-5-14(15,8-16)13(18)19/h3-4,7H,5-6,8H2,1-2H3,(H,18,19). The van der Waals surface area contributed by atoms with Gasteiger partial charge < -0.3 is 10.0 Å². The van der Waals surface area contributed by atoms with Crippen LogP contribution in [0, 0.1) is 6.92 Å². The molecule has 1 aromatic rings. The molecular formula is C14H16FNO3S. The molecule has 1 N–H and O–H groups in total. The zero-order valence-corrected chi connectivity index (χ0v) is 12.2. The van der Waals surface area contributed by atoms with Crippen molar-refractivity contribution in [1.29, 1.82) is 0 Å². The van der Waals surface area contributed by atoms with Gasteiger partial charge in [-0.2, -0.15) is 0 Å². The van der Waals surface area contributed by atoms with Crippen molar-refractivity contribution in [3.8, 4) is 0 Å². The Hall–Kier alpha value is -1.56. The van der Waals surface area contributed by atoms with Crippen LogP contribution in [0.25, 0.3) is 0 Å². The lowest BCUT2D eigenvalue weighted by Crippen LogP contribution is -2.39. The van der Waals surface area contributed by atoms with E-state index in [0.717, 1.165) is 10.5 Å². The highest BCUT2D eigenvalue weighted by atomic mass is 32.2. The fourth-order valence-corrected chi connectivity index (χ4v) is 2.69. The van der Waals surface area contributed by atoms with Crippen LogP contribution in [-0.4, -0.2) is 46.9 Å². The van der Waals surface area contributed by atoms with Crippen molar-refractivity contribution in [1.82, 2.24) is 4.90 Å². The highest BCUT2D eigenvalue weighted by molar-refractivity contribution is 7.98. The number of carboxylic acids is 1. The zero-order valence-electron chi connectivity index (χ0n) is 11.4. The number of aliphatic carboxylic acids is 1. The molecule has 108 valence electrons. The van der Waals surface area contributed by atoms with Crippen molar-refractivity contribution in [3.05, 3.63) is 29.3 Å². The van der Waals surface area contributed by atoms with Crippen LogP contribution in [0.3, 0.4) is 0 Å². The summed E-state index contributed by atoms with van der Waals surface area (Å²) >= 11 is 1.52. The zero-order chi connectivity index (χ0) is 14.9. The molecule has 0 bridgehead atoms. The molecule has 1 amide bonds. The molecular weight excluding hydrogens is 281 g/mol. The van der Waals surface area contributed by atoms with E-state index >= 15 is 0 Å². The lowest BCUT2D eigenvalue weighted by molar-refractivity contribution is -0.149. The average Bonchev–Trinajstić information content (AvgIpc) is 2.83. The largest absolute Gasteiger partial charge is 0.479 e. The van der Waals surface area contributed by atoms with E-state index in [0.29, 0.717) is 5.56 Å². The van der Waals surface area contributed by atoms with Crippen LogP contribution < -0.4 is 0 Å². The Morgan fingerprint density at radius 1 is 1.45 bits per heavy atom. The Labute approximate surface area is 121 Å². The van der Waals surface area contributed by atoms with Gasteiger partial charge in [0.25, 0.3) is 5.91 Å². The maximum atomic E-state index is 14.0. The second kappa shape index (κ2) is 5.44. The highest BCUT2D eigenvalue weighted by Crippen LogP contribution is 2.28. The lowest BCUT2D eigenvalue weighted by atomic mass is 10.1. The first kappa shape index (κ1) is 14.8. The topological polar surface area (TPSA) is 57.6 Å². The van der Waals surface area contributed by atoms with E-state index in [1.165, 1.54) is 16.7 Å². The first-order valence-corrected chi connectivity index (χ1v) is 7.46. The number of halogens is 1. The number of carbonyl (C=O) groups excluding carboxylic acids is 1. The summed E-state index contributed by atoms with van der Waals surface area (Å²) < 4.78 is 14.0. The van der Waals surface area contributed by atoms with E-state index in [1.807, 2.05) is 25.3 Å². The van der Waals surface area contributed by atoms with Crippen molar-refractivity contribution in [2.24, 2.45) is 0 Å². The van der Waals surface area contributed by atoms with Gasteiger partial charge >= 0.3 is 5.97 Å². The van der Waals surface area contributed by atoms with Crippen molar-refractivity contribution in [2.45, 2.75) is 23.9 Å². The second-order valence-electron chi connectivity index (χ2n) is 4.93. The van der Waals surface area contributed by atoms with Gasteiger partial charge in [0.15, 0.2) is 0 Å². The molecule has 0 aromatic heterocycles. The molecule has 6 heteroatoms. The first-order valence-electron chi connectivity index (χ1n) is 6.23. The Morgan fingerprint density at radius 2 is 2.15 bits per heavy atom. The molecule has 0 saturated carbocycles. The van der Waals surface area contributed by atoms with Gasteiger partial charge in [-0.1, -0.05) is 6.07 Å². The van der Waals surface area contributed by atoms with E-state index in [1.54, 1.807) is 6.07 Å². The molecule has 1 aromatic carbocycles. The quantitative estimate of drug-likeness (QED) is 0.870. The van der Waals surface area contributed by atoms with E-state index in [4.69, 9.17) is 5.11 Å². The lowest BCUT2D eigenvalue weighted by Gasteiger charge is -2.19. The van der Waals surface area contributed by atoms with E-state index in [-0.39, 0.29) is 25.4 Å². The molecule has 1 saturated heterocycles. The molecule has 4 nitrogen and oxygen atoms in total. The van der Waals surface area contributed by atoms with Crippen LogP contribution in [0.4, 0.5) is 4.39 Å². The number of hydrogen-bond acceptors (Lipinski definition) is 3. The van der Waals surface area contributed by atoms with Crippen LogP contribution in [0.5, 0.6) is 0 Å². The fraction of sp³-hybridized carbons (Fsp3) is 0.429. The van der Waals surface area contributed by atoms with Gasteiger partial charge in [-0.3, -0.25) is 4.79 Å². The first-order chi connectivity index (χ1) is 9.37. The van der Waals surface area contributed by atoms with E-state index < -0.39 is 11.6 Å². The third-order valence-electron chi connectivity index (χ3n) is 3.57. The second-order valence-corrected chi connectivity index (χ2v) is 5.81. The number of carboxylic acid groups (broad SMARTS) is 1. The van der Waals surface area contributed by atoms with E-state index in [2.05, 4.69) is 0 Å². The highest BCUT2D eigenvalue weighted by Gasteiger charge is 2.47. The van der Waals surface area contributed by atoms with E-state index in [9.17, 15) is 14.0 Å². The summed E-state index contributed by atoms with van der Waals surface area (Å²) in [5, 5.41) is 8.86. The van der Waals surface area contributed by atoms with Gasteiger partial charge in [0, 0.05) is 23.4 Å². The van der Waals surface area contributed by atoms with Crippen molar-refractivity contribution >= 4 is 23.6 Å². The molecule has 1 heterocycles. The number of nitrogens with zero attached hydrogens (tertiary/aromatic N) is 1. The summed E-state index contributed by atoms with van der Waals surface area (Å²) in [5.74, 6) is -1.80. The van der Waals surface area contributed by atoms with Crippen LogP contribution >= 0.6 is 11.8 Å². The molecule has 20 heavy (non-hydrogen) atoms. The van der Waals surface area contributed by atoms with Gasteiger partial charge in [-0.05, 0) is 30.9 Å². The summed E-state index contributed by atoms with van der Waals surface area (Å²) in [6, 6.07) is 5.52. The van der Waals surface area contributed by atoms with Crippen LogP contribution in [0.1, 0.15) is 22.3 Å². The Kier molecular flexibility index (Phi) is 4.04. The SMILES string of the molecule is CSc1ccc(C)c(C(=O)N2CCC(F)(C(=O)O)C2)c1. The molecule has 1 unspecified atom stereocenters. The minimum Gasteiger partial charge on any atom is -0.479 e. The number of benzene rings is 1. The maximum absolute atomic E-state index is 14.0. The minimum absolute atomic E-state index is 0.130. The maximum Gasteiger partial charge on any atom is 0.343 e. The minimum atomic E-state index is -2.32. The number of alkyl halides is 1. The van der Waals surface area contributed by atoms with Gasteiger partial charge in [0.05, 0.1) is 6.54 Å². The fourth-order valence-electron chi connectivity index (χ4n) is 2.25. The summed E-state index contributed by atoms with van der Waals surface area (Å²) in [4.78, 5) is 25.5. The predicted molar refractivity (Wildman–Crippen MR) is 75.0 cm³/mol. The molecule has 1 fully saturated rings. The number of aryl methyl sites for hydroxylation is 1.